The lowest BCUT2D eigenvalue weighted by Crippen LogP contribution is -2.38. The van der Waals surface area contributed by atoms with Crippen LogP contribution in [0.15, 0.2) is 60.7 Å². The van der Waals surface area contributed by atoms with E-state index in [1.165, 1.54) is 0 Å². The molecule has 0 aliphatic rings. The average Bonchev–Trinajstić information content (AvgIpc) is 3.01. The van der Waals surface area contributed by atoms with Crippen LogP contribution in [0.5, 0.6) is 0 Å². The predicted octanol–water partition coefficient (Wildman–Crippen LogP) is 4.86. The first kappa shape index (κ1) is 19.9. The summed E-state index contributed by atoms with van der Waals surface area (Å²) in [5.41, 5.74) is 5.14. The molecule has 2 aromatic carbocycles. The van der Waals surface area contributed by atoms with Gasteiger partial charge in [0, 0.05) is 23.8 Å². The van der Waals surface area contributed by atoms with E-state index in [2.05, 4.69) is 31.1 Å². The molecule has 0 radical (unpaired) electrons. The molecule has 0 N–H and O–H groups in total. The number of rotatable bonds is 7. The fraction of sp³-hybridized carbons (Fsp3) is 0.333. The minimum absolute atomic E-state index is 0.150. The molecular weight excluding hydrogens is 346 g/mol. The van der Waals surface area contributed by atoms with Crippen LogP contribution in [0.4, 0.5) is 0 Å². The molecule has 0 bridgehead atoms. The van der Waals surface area contributed by atoms with Crippen molar-refractivity contribution in [2.75, 3.05) is 0 Å². The van der Waals surface area contributed by atoms with Crippen molar-refractivity contribution < 1.29 is 4.79 Å². The van der Waals surface area contributed by atoms with Gasteiger partial charge < -0.3 is 4.90 Å². The first-order chi connectivity index (χ1) is 13.5. The fourth-order valence-corrected chi connectivity index (χ4v) is 3.49. The number of para-hydroxylation sites is 1. The summed E-state index contributed by atoms with van der Waals surface area (Å²) in [6.07, 6.45) is 1.31. The zero-order valence-corrected chi connectivity index (χ0v) is 17.2. The first-order valence-electron chi connectivity index (χ1n) is 9.95. The molecule has 0 saturated carbocycles. The van der Waals surface area contributed by atoms with Gasteiger partial charge in [-0.2, -0.15) is 5.10 Å². The van der Waals surface area contributed by atoms with Crippen LogP contribution in [-0.2, 0) is 17.8 Å². The van der Waals surface area contributed by atoms with Gasteiger partial charge in [0.2, 0.25) is 5.91 Å². The molecule has 0 aliphatic heterocycles. The summed E-state index contributed by atoms with van der Waals surface area (Å²) in [7, 11) is 0. The molecule has 4 heteroatoms. The lowest BCUT2D eigenvalue weighted by molar-refractivity contribution is -0.133. The van der Waals surface area contributed by atoms with Crippen molar-refractivity contribution in [3.05, 3.63) is 83.2 Å². The van der Waals surface area contributed by atoms with Gasteiger partial charge in [-0.15, -0.1) is 0 Å². The second-order valence-corrected chi connectivity index (χ2v) is 7.34. The van der Waals surface area contributed by atoms with Crippen LogP contribution in [0.2, 0.25) is 0 Å². The summed E-state index contributed by atoms with van der Waals surface area (Å²) >= 11 is 0. The molecule has 4 nitrogen and oxygen atoms in total. The van der Waals surface area contributed by atoms with Crippen molar-refractivity contribution in [1.29, 1.82) is 0 Å². The number of nitrogens with zero attached hydrogens (tertiary/aromatic N) is 3. The molecule has 0 fully saturated rings. The Morgan fingerprint density at radius 2 is 1.64 bits per heavy atom. The number of hydrogen-bond donors (Lipinski definition) is 0. The molecule has 146 valence electrons. The molecule has 0 saturated heterocycles. The van der Waals surface area contributed by atoms with Crippen LogP contribution in [0, 0.1) is 13.8 Å². The largest absolute Gasteiger partial charge is 0.335 e. The minimum atomic E-state index is 0.150. The van der Waals surface area contributed by atoms with Gasteiger partial charge in [0.25, 0.3) is 0 Å². The highest BCUT2D eigenvalue weighted by atomic mass is 16.2. The van der Waals surface area contributed by atoms with Crippen molar-refractivity contribution in [2.45, 2.75) is 53.1 Å². The summed E-state index contributed by atoms with van der Waals surface area (Å²) in [5, 5.41) is 4.69. The quantitative estimate of drug-likeness (QED) is 0.591. The number of carbonyl (C=O) groups is 1. The van der Waals surface area contributed by atoms with Gasteiger partial charge in [0.1, 0.15) is 0 Å². The third-order valence-electron chi connectivity index (χ3n) is 5.41. The number of aryl methyl sites for hydroxylation is 1. The Bertz CT molecular complexity index is 916. The molecule has 1 heterocycles. The summed E-state index contributed by atoms with van der Waals surface area (Å²) in [6, 6.07) is 20.5. The lowest BCUT2D eigenvalue weighted by atomic mass is 10.1. The molecule has 1 unspecified atom stereocenters. The van der Waals surface area contributed by atoms with Gasteiger partial charge in [0.05, 0.1) is 17.8 Å². The number of hydrogen-bond acceptors (Lipinski definition) is 2. The first-order valence-corrected chi connectivity index (χ1v) is 9.95. The molecule has 28 heavy (non-hydrogen) atoms. The van der Waals surface area contributed by atoms with Crippen LogP contribution in [0.3, 0.4) is 0 Å². The van der Waals surface area contributed by atoms with Crippen LogP contribution in [0.25, 0.3) is 5.69 Å². The predicted molar refractivity (Wildman–Crippen MR) is 113 cm³/mol. The van der Waals surface area contributed by atoms with E-state index in [9.17, 15) is 4.79 Å². The van der Waals surface area contributed by atoms with E-state index in [-0.39, 0.29) is 11.9 Å². The van der Waals surface area contributed by atoms with E-state index in [0.29, 0.717) is 13.0 Å². The van der Waals surface area contributed by atoms with E-state index in [1.807, 2.05) is 72.0 Å². The smallest absolute Gasteiger partial charge is 0.227 e. The molecule has 1 atom stereocenters. The molecule has 3 rings (SSSR count). The van der Waals surface area contributed by atoms with Crippen molar-refractivity contribution in [3.8, 4) is 5.69 Å². The Balaban J connectivity index is 1.85. The molecule has 1 amide bonds. The van der Waals surface area contributed by atoms with E-state index in [0.717, 1.165) is 34.6 Å². The molecule has 0 spiro atoms. The highest BCUT2D eigenvalue weighted by molar-refractivity contribution is 5.79. The van der Waals surface area contributed by atoms with E-state index in [1.54, 1.807) is 0 Å². The van der Waals surface area contributed by atoms with E-state index < -0.39 is 0 Å². The van der Waals surface area contributed by atoms with Gasteiger partial charge in [-0.1, -0.05) is 55.5 Å². The summed E-state index contributed by atoms with van der Waals surface area (Å²) in [6.45, 7) is 8.91. The van der Waals surface area contributed by atoms with Gasteiger partial charge in [-0.05, 0) is 44.9 Å². The monoisotopic (exact) mass is 375 g/mol. The highest BCUT2D eigenvalue weighted by Gasteiger charge is 2.23. The summed E-state index contributed by atoms with van der Waals surface area (Å²) < 4.78 is 1.93. The Morgan fingerprint density at radius 1 is 1.04 bits per heavy atom. The van der Waals surface area contributed by atoms with Crippen molar-refractivity contribution in [3.63, 3.8) is 0 Å². The maximum Gasteiger partial charge on any atom is 0.227 e. The highest BCUT2D eigenvalue weighted by Crippen LogP contribution is 2.20. The normalized spacial score (nSPS) is 12.0. The lowest BCUT2D eigenvalue weighted by Gasteiger charge is -2.29. The Morgan fingerprint density at radius 3 is 2.25 bits per heavy atom. The third-order valence-corrected chi connectivity index (χ3v) is 5.41. The van der Waals surface area contributed by atoms with Crippen LogP contribution >= 0.6 is 0 Å². The van der Waals surface area contributed by atoms with Crippen LogP contribution < -0.4 is 0 Å². The average molecular weight is 376 g/mol. The van der Waals surface area contributed by atoms with Gasteiger partial charge in [-0.25, -0.2) is 4.68 Å². The van der Waals surface area contributed by atoms with Gasteiger partial charge in [-0.3, -0.25) is 4.79 Å². The van der Waals surface area contributed by atoms with Crippen molar-refractivity contribution >= 4 is 5.91 Å². The number of amides is 1. The second kappa shape index (κ2) is 8.87. The van der Waals surface area contributed by atoms with Crippen LogP contribution in [0.1, 0.15) is 42.8 Å². The Hall–Kier alpha value is -2.88. The maximum atomic E-state index is 13.3. The zero-order chi connectivity index (χ0) is 20.1. The van der Waals surface area contributed by atoms with Crippen molar-refractivity contribution in [1.82, 2.24) is 14.7 Å². The second-order valence-electron chi connectivity index (χ2n) is 7.34. The number of aromatic nitrogens is 2. The van der Waals surface area contributed by atoms with Crippen LogP contribution in [-0.4, -0.2) is 26.6 Å². The fourth-order valence-electron chi connectivity index (χ4n) is 3.49. The summed E-state index contributed by atoms with van der Waals surface area (Å²) in [5.74, 6) is 0.150. The summed E-state index contributed by atoms with van der Waals surface area (Å²) in [4.78, 5) is 15.3. The Kier molecular flexibility index (Phi) is 6.30. The van der Waals surface area contributed by atoms with Gasteiger partial charge >= 0.3 is 0 Å². The Labute approximate surface area is 167 Å². The third kappa shape index (κ3) is 4.33. The SMILES string of the molecule is CCC(C)N(Cc1ccccc1)C(=O)Cc1c(C)nn(-c2ccccc2)c1C. The zero-order valence-electron chi connectivity index (χ0n) is 17.2. The number of benzene rings is 2. The standard InChI is InChI=1S/C24H29N3O/c1-5-18(2)26(17-21-12-8-6-9-13-21)24(28)16-23-19(3)25-27(20(23)4)22-14-10-7-11-15-22/h6-15,18H,5,16-17H2,1-4H3. The van der Waals surface area contributed by atoms with Crippen molar-refractivity contribution in [2.24, 2.45) is 0 Å². The van der Waals surface area contributed by atoms with E-state index in [4.69, 9.17) is 0 Å². The topological polar surface area (TPSA) is 38.1 Å². The molecule has 1 aromatic heterocycles. The maximum absolute atomic E-state index is 13.3. The van der Waals surface area contributed by atoms with Gasteiger partial charge in [0.15, 0.2) is 0 Å². The molecular formula is C24H29N3O. The van der Waals surface area contributed by atoms with E-state index >= 15 is 0 Å². The number of carbonyl (C=O) groups excluding carboxylic acids is 1. The minimum Gasteiger partial charge on any atom is -0.335 e. The molecule has 3 aromatic rings. The molecule has 0 aliphatic carbocycles.